The summed E-state index contributed by atoms with van der Waals surface area (Å²) in [5.74, 6) is 0.676. The average molecular weight is 263 g/mol. The molecule has 0 aliphatic rings. The van der Waals surface area contributed by atoms with Gasteiger partial charge in [0.1, 0.15) is 5.75 Å². The van der Waals surface area contributed by atoms with Crippen molar-refractivity contribution >= 4 is 28.7 Å². The molecule has 0 unspecified atom stereocenters. The van der Waals surface area contributed by atoms with Crippen LogP contribution in [0, 0.1) is 0 Å². The Hall–Kier alpha value is -1.87. The van der Waals surface area contributed by atoms with Gasteiger partial charge in [0.2, 0.25) is 0 Å². The fourth-order valence-corrected chi connectivity index (χ4v) is 1.79. The van der Waals surface area contributed by atoms with Crippen LogP contribution in [0.3, 0.4) is 0 Å². The molecule has 0 aromatic heterocycles. The molecule has 0 amide bonds. The van der Waals surface area contributed by atoms with Crippen molar-refractivity contribution in [3.05, 3.63) is 47.5 Å². The SMILES string of the molecule is CCOc1cc(Nc2ccccc2Cl)ccc1N. The average Bonchev–Trinajstić information content (AvgIpc) is 2.36. The Balaban J connectivity index is 2.24. The van der Waals surface area contributed by atoms with Gasteiger partial charge < -0.3 is 15.8 Å². The molecule has 0 heterocycles. The molecule has 2 aromatic carbocycles. The molecule has 0 aliphatic heterocycles. The number of nitrogen functional groups attached to an aromatic ring is 1. The van der Waals surface area contributed by atoms with Crippen molar-refractivity contribution < 1.29 is 4.74 Å². The Morgan fingerprint density at radius 3 is 2.72 bits per heavy atom. The molecule has 3 nitrogen and oxygen atoms in total. The normalized spacial score (nSPS) is 10.1. The summed E-state index contributed by atoms with van der Waals surface area (Å²) < 4.78 is 5.45. The molecule has 0 aliphatic carbocycles. The van der Waals surface area contributed by atoms with Gasteiger partial charge in [0, 0.05) is 11.8 Å². The van der Waals surface area contributed by atoms with Crippen molar-refractivity contribution in [2.75, 3.05) is 17.7 Å². The van der Waals surface area contributed by atoms with Crippen LogP contribution in [0.25, 0.3) is 0 Å². The van der Waals surface area contributed by atoms with E-state index in [-0.39, 0.29) is 0 Å². The Labute approximate surface area is 112 Å². The molecule has 0 bridgehead atoms. The fourth-order valence-electron chi connectivity index (χ4n) is 1.61. The molecule has 0 fully saturated rings. The minimum atomic E-state index is 0.583. The molecule has 0 saturated heterocycles. The van der Waals surface area contributed by atoms with E-state index in [0.29, 0.717) is 23.1 Å². The van der Waals surface area contributed by atoms with Gasteiger partial charge in [-0.05, 0) is 31.2 Å². The summed E-state index contributed by atoms with van der Waals surface area (Å²) in [4.78, 5) is 0. The highest BCUT2D eigenvalue weighted by molar-refractivity contribution is 6.33. The van der Waals surface area contributed by atoms with Crippen LogP contribution in [0.15, 0.2) is 42.5 Å². The first-order valence-corrected chi connectivity index (χ1v) is 6.12. The van der Waals surface area contributed by atoms with Gasteiger partial charge in [0.05, 0.1) is 23.0 Å². The number of ether oxygens (including phenoxy) is 1. The number of halogens is 1. The molecule has 2 rings (SSSR count). The van der Waals surface area contributed by atoms with Gasteiger partial charge in [0.15, 0.2) is 0 Å². The molecular weight excluding hydrogens is 248 g/mol. The largest absolute Gasteiger partial charge is 0.492 e. The van der Waals surface area contributed by atoms with E-state index in [9.17, 15) is 0 Å². The van der Waals surface area contributed by atoms with Crippen LogP contribution >= 0.6 is 11.6 Å². The molecule has 0 saturated carbocycles. The van der Waals surface area contributed by atoms with Crippen LogP contribution in [0.4, 0.5) is 17.1 Å². The van der Waals surface area contributed by atoms with Gasteiger partial charge in [-0.3, -0.25) is 0 Å². The van der Waals surface area contributed by atoms with E-state index in [4.69, 9.17) is 22.1 Å². The smallest absolute Gasteiger partial charge is 0.144 e. The number of para-hydroxylation sites is 1. The van der Waals surface area contributed by atoms with Crippen LogP contribution in [-0.4, -0.2) is 6.61 Å². The summed E-state index contributed by atoms with van der Waals surface area (Å²) in [6, 6.07) is 13.1. The molecule has 2 aromatic rings. The molecule has 0 spiro atoms. The minimum Gasteiger partial charge on any atom is -0.492 e. The molecule has 4 heteroatoms. The van der Waals surface area contributed by atoms with E-state index in [2.05, 4.69) is 5.32 Å². The lowest BCUT2D eigenvalue weighted by atomic mass is 10.2. The van der Waals surface area contributed by atoms with Crippen LogP contribution in [0.1, 0.15) is 6.92 Å². The summed E-state index contributed by atoms with van der Waals surface area (Å²) in [6.45, 7) is 2.51. The van der Waals surface area contributed by atoms with E-state index in [1.807, 2.05) is 49.4 Å². The molecule has 3 N–H and O–H groups in total. The first-order chi connectivity index (χ1) is 8.70. The molecule has 18 heavy (non-hydrogen) atoms. The summed E-state index contributed by atoms with van der Waals surface area (Å²) in [6.07, 6.45) is 0. The fraction of sp³-hybridized carbons (Fsp3) is 0.143. The Kier molecular flexibility index (Phi) is 3.95. The molecule has 0 radical (unpaired) electrons. The second-order valence-corrected chi connectivity index (χ2v) is 4.20. The molecule has 94 valence electrons. The third-order valence-electron chi connectivity index (χ3n) is 2.47. The van der Waals surface area contributed by atoms with Crippen LogP contribution < -0.4 is 15.8 Å². The zero-order valence-electron chi connectivity index (χ0n) is 10.1. The number of nitrogens with two attached hydrogens (primary N) is 1. The van der Waals surface area contributed by atoms with E-state index < -0.39 is 0 Å². The van der Waals surface area contributed by atoms with Crippen molar-refractivity contribution in [3.63, 3.8) is 0 Å². The lowest BCUT2D eigenvalue weighted by Crippen LogP contribution is -1.98. The van der Waals surface area contributed by atoms with Gasteiger partial charge in [-0.2, -0.15) is 0 Å². The van der Waals surface area contributed by atoms with Crippen molar-refractivity contribution in [2.24, 2.45) is 0 Å². The van der Waals surface area contributed by atoms with Gasteiger partial charge in [-0.1, -0.05) is 23.7 Å². The van der Waals surface area contributed by atoms with Crippen LogP contribution in [0.5, 0.6) is 5.75 Å². The summed E-state index contributed by atoms with van der Waals surface area (Å²) in [5.41, 5.74) is 8.19. The Morgan fingerprint density at radius 2 is 2.00 bits per heavy atom. The monoisotopic (exact) mass is 262 g/mol. The number of nitrogens with one attached hydrogen (secondary N) is 1. The quantitative estimate of drug-likeness (QED) is 0.817. The lowest BCUT2D eigenvalue weighted by molar-refractivity contribution is 0.342. The Morgan fingerprint density at radius 1 is 1.22 bits per heavy atom. The van der Waals surface area contributed by atoms with E-state index in [1.165, 1.54) is 0 Å². The number of hydrogen-bond donors (Lipinski definition) is 2. The number of benzene rings is 2. The highest BCUT2D eigenvalue weighted by atomic mass is 35.5. The Bertz CT molecular complexity index is 543. The zero-order valence-corrected chi connectivity index (χ0v) is 10.9. The minimum absolute atomic E-state index is 0.583. The highest BCUT2D eigenvalue weighted by Gasteiger charge is 2.04. The summed E-state index contributed by atoms with van der Waals surface area (Å²) in [5, 5.41) is 3.90. The number of rotatable bonds is 4. The van der Waals surface area contributed by atoms with Crippen molar-refractivity contribution in [3.8, 4) is 5.75 Å². The van der Waals surface area contributed by atoms with E-state index >= 15 is 0 Å². The second-order valence-electron chi connectivity index (χ2n) is 3.79. The highest BCUT2D eigenvalue weighted by Crippen LogP contribution is 2.29. The zero-order chi connectivity index (χ0) is 13.0. The van der Waals surface area contributed by atoms with Gasteiger partial charge in [-0.25, -0.2) is 0 Å². The standard InChI is InChI=1S/C14H15ClN2O/c1-2-18-14-9-10(7-8-12(14)16)17-13-6-4-3-5-11(13)15/h3-9,17H,2,16H2,1H3. The number of anilines is 3. The predicted octanol–water partition coefficient (Wildman–Crippen LogP) is 4.06. The van der Waals surface area contributed by atoms with Crippen LogP contribution in [-0.2, 0) is 0 Å². The number of hydrogen-bond acceptors (Lipinski definition) is 3. The maximum Gasteiger partial charge on any atom is 0.144 e. The molecular formula is C14H15ClN2O. The molecule has 0 atom stereocenters. The van der Waals surface area contributed by atoms with Crippen molar-refractivity contribution in [1.82, 2.24) is 0 Å². The third kappa shape index (κ3) is 2.87. The maximum atomic E-state index is 6.09. The van der Waals surface area contributed by atoms with Crippen LogP contribution in [0.2, 0.25) is 5.02 Å². The van der Waals surface area contributed by atoms with E-state index in [0.717, 1.165) is 11.4 Å². The van der Waals surface area contributed by atoms with Crippen molar-refractivity contribution in [1.29, 1.82) is 0 Å². The first-order valence-electron chi connectivity index (χ1n) is 5.74. The predicted molar refractivity (Wildman–Crippen MR) is 76.8 cm³/mol. The summed E-state index contributed by atoms with van der Waals surface area (Å²) in [7, 11) is 0. The van der Waals surface area contributed by atoms with Gasteiger partial charge >= 0.3 is 0 Å². The maximum absolute atomic E-state index is 6.09. The second kappa shape index (κ2) is 5.65. The van der Waals surface area contributed by atoms with Crippen molar-refractivity contribution in [2.45, 2.75) is 6.92 Å². The topological polar surface area (TPSA) is 47.3 Å². The summed E-state index contributed by atoms with van der Waals surface area (Å²) >= 11 is 6.09. The van der Waals surface area contributed by atoms with E-state index in [1.54, 1.807) is 0 Å². The first kappa shape index (κ1) is 12.6. The third-order valence-corrected chi connectivity index (χ3v) is 2.80. The van der Waals surface area contributed by atoms with Gasteiger partial charge in [0.25, 0.3) is 0 Å². The van der Waals surface area contributed by atoms with Gasteiger partial charge in [-0.15, -0.1) is 0 Å². The lowest BCUT2D eigenvalue weighted by Gasteiger charge is -2.11.